The van der Waals surface area contributed by atoms with Crippen molar-refractivity contribution < 1.29 is 14.7 Å². The molecule has 0 aliphatic carbocycles. The molecule has 7 heteroatoms. The molecule has 0 saturated carbocycles. The molecule has 0 saturated heterocycles. The van der Waals surface area contributed by atoms with Crippen LogP contribution in [0.1, 0.15) is 32.1 Å². The standard InChI is InChI=1S/C11H24N4O3/c12-6-2-1-4-8(13)10(16)15-7-3-5-9(14)11(17)18/h8-9H,1-7,12-14H2,(H,15,16)(H,17,18)/t8-,9+/m1/s1. The van der Waals surface area contributed by atoms with E-state index in [2.05, 4.69) is 5.32 Å². The number of hydrogen-bond donors (Lipinski definition) is 5. The number of hydrogen-bond acceptors (Lipinski definition) is 5. The molecular weight excluding hydrogens is 236 g/mol. The first-order chi connectivity index (χ1) is 8.49. The average molecular weight is 260 g/mol. The predicted octanol–water partition coefficient (Wildman–Crippen LogP) is -1.25. The summed E-state index contributed by atoms with van der Waals surface area (Å²) in [4.78, 5) is 21.9. The van der Waals surface area contributed by atoms with Gasteiger partial charge in [-0.3, -0.25) is 9.59 Å². The predicted molar refractivity (Wildman–Crippen MR) is 68.7 cm³/mol. The number of unbranched alkanes of at least 4 members (excludes halogenated alkanes) is 1. The summed E-state index contributed by atoms with van der Waals surface area (Å²) in [5.74, 6) is -1.24. The highest BCUT2D eigenvalue weighted by Crippen LogP contribution is 1.98. The van der Waals surface area contributed by atoms with Gasteiger partial charge >= 0.3 is 5.97 Å². The molecule has 18 heavy (non-hydrogen) atoms. The van der Waals surface area contributed by atoms with Crippen molar-refractivity contribution in [2.45, 2.75) is 44.2 Å². The summed E-state index contributed by atoms with van der Waals surface area (Å²) in [6, 6.07) is -1.40. The largest absolute Gasteiger partial charge is 0.480 e. The normalized spacial score (nSPS) is 13.9. The van der Waals surface area contributed by atoms with Crippen LogP contribution in [0.25, 0.3) is 0 Å². The van der Waals surface area contributed by atoms with Crippen LogP contribution in [0.4, 0.5) is 0 Å². The summed E-state index contributed by atoms with van der Waals surface area (Å²) >= 11 is 0. The smallest absolute Gasteiger partial charge is 0.320 e. The molecule has 0 bridgehead atoms. The van der Waals surface area contributed by atoms with Crippen molar-refractivity contribution >= 4 is 11.9 Å². The molecule has 0 aliphatic rings. The number of nitrogens with one attached hydrogen (secondary N) is 1. The molecule has 7 nitrogen and oxygen atoms in total. The maximum atomic E-state index is 11.5. The number of carbonyl (C=O) groups excluding carboxylic acids is 1. The van der Waals surface area contributed by atoms with Gasteiger partial charge in [0.25, 0.3) is 0 Å². The van der Waals surface area contributed by atoms with Gasteiger partial charge in [-0.15, -0.1) is 0 Å². The van der Waals surface area contributed by atoms with Crippen molar-refractivity contribution in [3.63, 3.8) is 0 Å². The van der Waals surface area contributed by atoms with Gasteiger partial charge in [-0.05, 0) is 32.2 Å². The van der Waals surface area contributed by atoms with Crippen molar-refractivity contribution in [2.24, 2.45) is 17.2 Å². The molecular formula is C11H24N4O3. The first kappa shape index (κ1) is 16.8. The maximum absolute atomic E-state index is 11.5. The number of carboxylic acids is 1. The molecule has 0 aromatic carbocycles. The Labute approximate surface area is 107 Å². The Morgan fingerprint density at radius 1 is 1.06 bits per heavy atom. The Hall–Kier alpha value is -1.18. The maximum Gasteiger partial charge on any atom is 0.320 e. The van der Waals surface area contributed by atoms with E-state index in [1.165, 1.54) is 0 Å². The summed E-state index contributed by atoms with van der Waals surface area (Å²) in [6.07, 6.45) is 3.15. The van der Waals surface area contributed by atoms with E-state index in [1.807, 2.05) is 0 Å². The Morgan fingerprint density at radius 3 is 2.22 bits per heavy atom. The van der Waals surface area contributed by atoms with Gasteiger partial charge in [-0.25, -0.2) is 0 Å². The van der Waals surface area contributed by atoms with E-state index < -0.39 is 18.1 Å². The molecule has 106 valence electrons. The Balaban J connectivity index is 3.60. The lowest BCUT2D eigenvalue weighted by Gasteiger charge is -2.12. The van der Waals surface area contributed by atoms with Gasteiger partial charge in [0.2, 0.25) is 5.91 Å². The second kappa shape index (κ2) is 9.81. The first-order valence-corrected chi connectivity index (χ1v) is 6.20. The van der Waals surface area contributed by atoms with Crippen LogP contribution >= 0.6 is 0 Å². The Kier molecular flexibility index (Phi) is 9.17. The van der Waals surface area contributed by atoms with Gasteiger partial charge in [-0.2, -0.15) is 0 Å². The fraction of sp³-hybridized carbons (Fsp3) is 0.818. The lowest BCUT2D eigenvalue weighted by Crippen LogP contribution is -2.41. The molecule has 0 fully saturated rings. The van der Waals surface area contributed by atoms with Crippen molar-refractivity contribution in [1.29, 1.82) is 0 Å². The van der Waals surface area contributed by atoms with E-state index in [1.54, 1.807) is 0 Å². The van der Waals surface area contributed by atoms with E-state index in [4.69, 9.17) is 22.3 Å². The topological polar surface area (TPSA) is 144 Å². The first-order valence-electron chi connectivity index (χ1n) is 6.20. The summed E-state index contributed by atoms with van der Waals surface area (Å²) < 4.78 is 0. The highest BCUT2D eigenvalue weighted by molar-refractivity contribution is 5.81. The van der Waals surface area contributed by atoms with Crippen LogP contribution in [-0.4, -0.2) is 42.2 Å². The van der Waals surface area contributed by atoms with E-state index in [9.17, 15) is 9.59 Å². The SMILES string of the molecule is NCCCC[C@@H](N)C(=O)NCCC[C@H](N)C(=O)O. The molecule has 0 unspecified atom stereocenters. The number of aliphatic carboxylic acids is 1. The third kappa shape index (κ3) is 7.99. The van der Waals surface area contributed by atoms with Crippen molar-refractivity contribution in [3.05, 3.63) is 0 Å². The van der Waals surface area contributed by atoms with Gasteiger partial charge in [0, 0.05) is 6.54 Å². The molecule has 0 rings (SSSR count). The number of carbonyl (C=O) groups is 2. The molecule has 2 atom stereocenters. The lowest BCUT2D eigenvalue weighted by atomic mass is 10.1. The third-order valence-electron chi connectivity index (χ3n) is 2.61. The highest BCUT2D eigenvalue weighted by atomic mass is 16.4. The minimum absolute atomic E-state index is 0.212. The van der Waals surface area contributed by atoms with E-state index in [-0.39, 0.29) is 5.91 Å². The summed E-state index contributed by atoms with van der Waals surface area (Å²) in [6.45, 7) is 0.992. The van der Waals surface area contributed by atoms with Crippen molar-refractivity contribution in [2.75, 3.05) is 13.1 Å². The molecule has 0 aromatic heterocycles. The van der Waals surface area contributed by atoms with Crippen LogP contribution in [0.5, 0.6) is 0 Å². The van der Waals surface area contributed by atoms with Crippen LogP contribution < -0.4 is 22.5 Å². The molecule has 0 heterocycles. The number of amides is 1. The monoisotopic (exact) mass is 260 g/mol. The minimum atomic E-state index is -1.03. The zero-order valence-electron chi connectivity index (χ0n) is 10.6. The fourth-order valence-electron chi connectivity index (χ4n) is 1.43. The van der Waals surface area contributed by atoms with Gasteiger partial charge in [0.05, 0.1) is 6.04 Å². The zero-order valence-corrected chi connectivity index (χ0v) is 10.6. The molecule has 8 N–H and O–H groups in total. The minimum Gasteiger partial charge on any atom is -0.480 e. The van der Waals surface area contributed by atoms with Gasteiger partial charge in [-0.1, -0.05) is 6.42 Å². The van der Waals surface area contributed by atoms with Crippen LogP contribution in [0.3, 0.4) is 0 Å². The van der Waals surface area contributed by atoms with Crippen LogP contribution in [0.15, 0.2) is 0 Å². The number of carboxylic acid groups (broad SMARTS) is 1. The van der Waals surface area contributed by atoms with Crippen LogP contribution in [-0.2, 0) is 9.59 Å². The average Bonchev–Trinajstić information content (AvgIpc) is 2.33. The Morgan fingerprint density at radius 2 is 1.67 bits per heavy atom. The van der Waals surface area contributed by atoms with E-state index in [0.717, 1.165) is 12.8 Å². The van der Waals surface area contributed by atoms with Gasteiger partial charge in [0.15, 0.2) is 0 Å². The molecule has 0 radical (unpaired) electrons. The van der Waals surface area contributed by atoms with Gasteiger partial charge in [0.1, 0.15) is 6.04 Å². The molecule has 0 spiro atoms. The Bertz CT molecular complexity index is 261. The van der Waals surface area contributed by atoms with Crippen molar-refractivity contribution in [1.82, 2.24) is 5.32 Å². The van der Waals surface area contributed by atoms with Crippen LogP contribution in [0.2, 0.25) is 0 Å². The number of nitrogens with two attached hydrogens (primary N) is 3. The molecule has 0 aliphatic heterocycles. The van der Waals surface area contributed by atoms with Gasteiger partial charge < -0.3 is 27.6 Å². The van der Waals surface area contributed by atoms with Crippen LogP contribution in [0, 0.1) is 0 Å². The third-order valence-corrected chi connectivity index (χ3v) is 2.61. The second-order valence-corrected chi connectivity index (χ2v) is 4.27. The van der Waals surface area contributed by atoms with E-state index in [0.29, 0.717) is 32.4 Å². The summed E-state index contributed by atoms with van der Waals surface area (Å²) in [5, 5.41) is 11.2. The van der Waals surface area contributed by atoms with Crippen molar-refractivity contribution in [3.8, 4) is 0 Å². The summed E-state index contributed by atoms with van der Waals surface area (Å²) in [5.41, 5.74) is 16.3. The number of rotatable bonds is 10. The zero-order chi connectivity index (χ0) is 14.0. The summed E-state index contributed by atoms with van der Waals surface area (Å²) in [7, 11) is 0. The molecule has 1 amide bonds. The molecule has 0 aromatic rings. The van der Waals surface area contributed by atoms with E-state index >= 15 is 0 Å². The fourth-order valence-corrected chi connectivity index (χ4v) is 1.43. The quantitative estimate of drug-likeness (QED) is 0.310. The lowest BCUT2D eigenvalue weighted by molar-refractivity contribution is -0.138. The second-order valence-electron chi connectivity index (χ2n) is 4.27. The highest BCUT2D eigenvalue weighted by Gasteiger charge is 2.13.